The third-order valence-electron chi connectivity index (χ3n) is 2.58. The van der Waals surface area contributed by atoms with Crippen LogP contribution in [0.1, 0.15) is 23.6 Å². The number of hydrogen-bond donors (Lipinski definition) is 1. The van der Waals surface area contributed by atoms with Crippen molar-refractivity contribution in [3.05, 3.63) is 34.3 Å². The molecule has 1 atom stereocenters. The summed E-state index contributed by atoms with van der Waals surface area (Å²) in [6, 6.07) is 2.74. The van der Waals surface area contributed by atoms with Crippen molar-refractivity contribution in [3.8, 4) is 0 Å². The highest BCUT2D eigenvalue weighted by molar-refractivity contribution is 6.30. The van der Waals surface area contributed by atoms with Crippen LogP contribution < -0.4 is 5.32 Å². The molecule has 2 rings (SSSR count). The van der Waals surface area contributed by atoms with Crippen LogP contribution in [-0.2, 0) is 10.9 Å². The van der Waals surface area contributed by atoms with E-state index in [0.29, 0.717) is 12.0 Å². The summed E-state index contributed by atoms with van der Waals surface area (Å²) in [4.78, 5) is 11.0. The SMILES string of the molecule is O=C1N[C@@H](c2cc(Cl)cc(C(F)(F)F)c2)CCO1. The Hall–Kier alpha value is -1.43. The minimum Gasteiger partial charge on any atom is -0.449 e. The first-order valence-corrected chi connectivity index (χ1v) is 5.55. The Bertz CT molecular complexity index is 476. The van der Waals surface area contributed by atoms with E-state index in [1.807, 2.05) is 0 Å². The third kappa shape index (κ3) is 2.87. The summed E-state index contributed by atoms with van der Waals surface area (Å²) >= 11 is 5.67. The Balaban J connectivity index is 2.33. The van der Waals surface area contributed by atoms with Crippen molar-refractivity contribution in [2.45, 2.75) is 18.6 Å². The number of rotatable bonds is 1. The first-order valence-electron chi connectivity index (χ1n) is 5.17. The van der Waals surface area contributed by atoms with Crippen molar-refractivity contribution in [3.63, 3.8) is 0 Å². The molecule has 7 heteroatoms. The summed E-state index contributed by atoms with van der Waals surface area (Å²) in [5.41, 5.74) is -0.503. The fourth-order valence-corrected chi connectivity index (χ4v) is 2.00. The largest absolute Gasteiger partial charge is 0.449 e. The molecule has 1 aliphatic heterocycles. The number of amides is 1. The molecule has 1 aromatic carbocycles. The maximum Gasteiger partial charge on any atom is 0.416 e. The lowest BCUT2D eigenvalue weighted by molar-refractivity contribution is -0.137. The van der Waals surface area contributed by atoms with Gasteiger partial charge in [-0.1, -0.05) is 11.6 Å². The number of alkyl carbamates (subject to hydrolysis) is 1. The third-order valence-corrected chi connectivity index (χ3v) is 2.80. The minimum absolute atomic E-state index is 0.0134. The highest BCUT2D eigenvalue weighted by Gasteiger charge is 2.32. The highest BCUT2D eigenvalue weighted by atomic mass is 35.5. The minimum atomic E-state index is -4.46. The van der Waals surface area contributed by atoms with Gasteiger partial charge in [0.2, 0.25) is 0 Å². The molecule has 0 saturated carbocycles. The van der Waals surface area contributed by atoms with E-state index >= 15 is 0 Å². The second-order valence-electron chi connectivity index (χ2n) is 3.89. The molecule has 0 radical (unpaired) electrons. The van der Waals surface area contributed by atoms with Gasteiger partial charge >= 0.3 is 12.3 Å². The van der Waals surface area contributed by atoms with Crippen LogP contribution in [0, 0.1) is 0 Å². The van der Waals surface area contributed by atoms with Crippen LogP contribution >= 0.6 is 11.6 Å². The van der Waals surface area contributed by atoms with Gasteiger partial charge in [0.05, 0.1) is 18.2 Å². The van der Waals surface area contributed by atoms with E-state index in [2.05, 4.69) is 10.1 Å². The van der Waals surface area contributed by atoms with E-state index in [4.69, 9.17) is 11.6 Å². The van der Waals surface area contributed by atoms with Gasteiger partial charge in [0.15, 0.2) is 0 Å². The number of hydrogen-bond acceptors (Lipinski definition) is 2. The second-order valence-corrected chi connectivity index (χ2v) is 4.33. The molecule has 98 valence electrons. The number of nitrogens with one attached hydrogen (secondary N) is 1. The van der Waals surface area contributed by atoms with E-state index < -0.39 is 23.9 Å². The topological polar surface area (TPSA) is 38.3 Å². The molecule has 0 unspecified atom stereocenters. The normalized spacial score (nSPS) is 20.2. The summed E-state index contributed by atoms with van der Waals surface area (Å²) in [6.07, 6.45) is -4.70. The summed E-state index contributed by atoms with van der Waals surface area (Å²) in [7, 11) is 0. The Morgan fingerprint density at radius 3 is 2.67 bits per heavy atom. The molecule has 0 aromatic heterocycles. The van der Waals surface area contributed by atoms with Crippen LogP contribution in [0.15, 0.2) is 18.2 Å². The van der Waals surface area contributed by atoms with Crippen molar-refractivity contribution in [1.82, 2.24) is 5.32 Å². The maximum absolute atomic E-state index is 12.6. The van der Waals surface area contributed by atoms with Crippen LogP contribution in [0.4, 0.5) is 18.0 Å². The number of benzene rings is 1. The van der Waals surface area contributed by atoms with E-state index in [1.54, 1.807) is 0 Å². The zero-order valence-electron chi connectivity index (χ0n) is 9.05. The lowest BCUT2D eigenvalue weighted by atomic mass is 10.0. The van der Waals surface area contributed by atoms with Crippen molar-refractivity contribution in [2.24, 2.45) is 0 Å². The smallest absolute Gasteiger partial charge is 0.416 e. The first kappa shape index (κ1) is 13.0. The number of alkyl halides is 3. The fraction of sp³-hybridized carbons (Fsp3) is 0.364. The Morgan fingerprint density at radius 2 is 2.06 bits per heavy atom. The molecule has 1 aliphatic rings. The average molecular weight is 280 g/mol. The number of cyclic esters (lactones) is 1. The van der Waals surface area contributed by atoms with Gasteiger partial charge in [-0.15, -0.1) is 0 Å². The predicted molar refractivity (Wildman–Crippen MR) is 58.3 cm³/mol. The summed E-state index contributed by atoms with van der Waals surface area (Å²) in [6.45, 7) is 0.171. The summed E-state index contributed by atoms with van der Waals surface area (Å²) < 4.78 is 42.5. The summed E-state index contributed by atoms with van der Waals surface area (Å²) in [5.74, 6) is 0. The van der Waals surface area contributed by atoms with Gasteiger partial charge in [0, 0.05) is 11.4 Å². The maximum atomic E-state index is 12.6. The zero-order chi connectivity index (χ0) is 13.3. The fourth-order valence-electron chi connectivity index (χ4n) is 1.75. The van der Waals surface area contributed by atoms with Crippen molar-refractivity contribution in [2.75, 3.05) is 6.61 Å². The molecule has 0 bridgehead atoms. The van der Waals surface area contributed by atoms with Gasteiger partial charge in [-0.3, -0.25) is 0 Å². The number of carbonyl (C=O) groups is 1. The van der Waals surface area contributed by atoms with Crippen LogP contribution in [0.3, 0.4) is 0 Å². The van der Waals surface area contributed by atoms with Gasteiger partial charge in [-0.05, 0) is 23.8 Å². The Morgan fingerprint density at radius 1 is 1.33 bits per heavy atom. The molecule has 18 heavy (non-hydrogen) atoms. The molecule has 1 amide bonds. The van der Waals surface area contributed by atoms with Gasteiger partial charge in [-0.2, -0.15) is 13.2 Å². The predicted octanol–water partition coefficient (Wildman–Crippen LogP) is 3.53. The van der Waals surface area contributed by atoms with Crippen LogP contribution in [0.25, 0.3) is 0 Å². The van der Waals surface area contributed by atoms with Gasteiger partial charge in [0.1, 0.15) is 0 Å². The molecule has 1 heterocycles. The molecule has 1 aromatic rings. The van der Waals surface area contributed by atoms with Crippen molar-refractivity contribution in [1.29, 1.82) is 0 Å². The molecule has 3 nitrogen and oxygen atoms in total. The van der Waals surface area contributed by atoms with E-state index in [9.17, 15) is 18.0 Å². The number of ether oxygens (including phenoxy) is 1. The quantitative estimate of drug-likeness (QED) is 0.854. The molecular weight excluding hydrogens is 271 g/mol. The van der Waals surface area contributed by atoms with Crippen molar-refractivity contribution < 1.29 is 22.7 Å². The second kappa shape index (κ2) is 4.68. The first-order chi connectivity index (χ1) is 8.36. The molecular formula is C11H9ClF3NO2. The number of halogens is 4. The average Bonchev–Trinajstić information content (AvgIpc) is 2.27. The lowest BCUT2D eigenvalue weighted by Crippen LogP contribution is -2.35. The zero-order valence-corrected chi connectivity index (χ0v) is 9.81. The van der Waals surface area contributed by atoms with Crippen LogP contribution in [0.2, 0.25) is 5.02 Å². The van der Waals surface area contributed by atoms with Crippen LogP contribution in [0.5, 0.6) is 0 Å². The molecule has 0 aliphatic carbocycles. The number of carbonyl (C=O) groups excluding carboxylic acids is 1. The van der Waals surface area contributed by atoms with E-state index in [1.165, 1.54) is 6.07 Å². The van der Waals surface area contributed by atoms with Gasteiger partial charge in [0.25, 0.3) is 0 Å². The lowest BCUT2D eigenvalue weighted by Gasteiger charge is -2.24. The standard InChI is InChI=1S/C11H9ClF3NO2/c12-8-4-6(3-7(5-8)11(13,14)15)9-1-2-18-10(17)16-9/h3-5,9H,1-2H2,(H,16,17)/t9-/m1/s1. The summed E-state index contributed by atoms with van der Waals surface area (Å²) in [5, 5.41) is 2.44. The Kier molecular flexibility index (Phi) is 3.38. The highest BCUT2D eigenvalue weighted by Crippen LogP contribution is 2.34. The molecule has 1 saturated heterocycles. The van der Waals surface area contributed by atoms with Gasteiger partial charge < -0.3 is 10.1 Å². The molecule has 1 fully saturated rings. The van der Waals surface area contributed by atoms with E-state index in [-0.39, 0.29) is 11.6 Å². The Labute approximate surface area is 106 Å². The van der Waals surface area contributed by atoms with Crippen LogP contribution in [-0.4, -0.2) is 12.7 Å². The monoisotopic (exact) mass is 279 g/mol. The van der Waals surface area contributed by atoms with Crippen molar-refractivity contribution >= 4 is 17.7 Å². The molecule has 1 N–H and O–H groups in total. The molecule has 0 spiro atoms. The van der Waals surface area contributed by atoms with Gasteiger partial charge in [-0.25, -0.2) is 4.79 Å². The van der Waals surface area contributed by atoms with E-state index in [0.717, 1.165) is 12.1 Å².